The van der Waals surface area contributed by atoms with Gasteiger partial charge in [0.25, 0.3) is 5.91 Å². The van der Waals surface area contributed by atoms with Crippen molar-refractivity contribution in [2.45, 2.75) is 26.7 Å². The first-order valence-corrected chi connectivity index (χ1v) is 9.94. The molecule has 7 heteroatoms. The highest BCUT2D eigenvalue weighted by atomic mass is 32.1. The lowest BCUT2D eigenvalue weighted by atomic mass is 9.96. The van der Waals surface area contributed by atoms with Crippen LogP contribution in [0.5, 0.6) is 0 Å². The lowest BCUT2D eigenvalue weighted by Gasteiger charge is -2.34. The van der Waals surface area contributed by atoms with Gasteiger partial charge in [-0.25, -0.2) is 4.98 Å². The molecule has 25 heavy (non-hydrogen) atoms. The van der Waals surface area contributed by atoms with E-state index in [4.69, 9.17) is 0 Å². The van der Waals surface area contributed by atoms with E-state index in [9.17, 15) is 4.79 Å². The van der Waals surface area contributed by atoms with Crippen LogP contribution in [0.2, 0.25) is 0 Å². The highest BCUT2D eigenvalue weighted by Gasteiger charge is 2.26. The molecule has 0 unspecified atom stereocenters. The predicted octanol–water partition coefficient (Wildman–Crippen LogP) is 2.74. The van der Waals surface area contributed by atoms with Crippen LogP contribution in [-0.4, -0.2) is 63.2 Å². The molecule has 1 amide bonds. The van der Waals surface area contributed by atoms with Crippen LogP contribution in [0.3, 0.4) is 0 Å². The van der Waals surface area contributed by atoms with Gasteiger partial charge in [-0.1, -0.05) is 13.8 Å². The van der Waals surface area contributed by atoms with Crippen LogP contribution in [0.15, 0.2) is 17.8 Å². The normalized spacial score (nSPS) is 15.9. The number of aryl methyl sites for hydroxylation is 1. The van der Waals surface area contributed by atoms with Gasteiger partial charge in [0.1, 0.15) is 10.7 Å². The first-order valence-electron chi connectivity index (χ1n) is 9.06. The third-order valence-electron chi connectivity index (χ3n) is 4.99. The molecule has 0 atom stereocenters. The summed E-state index contributed by atoms with van der Waals surface area (Å²) >= 11 is 1.50. The zero-order valence-corrected chi connectivity index (χ0v) is 16.1. The number of hydrogen-bond acceptors (Lipinski definition) is 5. The number of piperidine rings is 1. The van der Waals surface area contributed by atoms with Crippen LogP contribution in [0.1, 0.15) is 37.2 Å². The molecule has 0 N–H and O–H groups in total. The zero-order valence-electron chi connectivity index (χ0n) is 15.3. The summed E-state index contributed by atoms with van der Waals surface area (Å²) in [5.41, 5.74) is 1.52. The molecule has 1 fully saturated rings. The molecule has 1 aliphatic heterocycles. The average Bonchev–Trinajstić information content (AvgIpc) is 3.28. The van der Waals surface area contributed by atoms with Gasteiger partial charge < -0.3 is 9.80 Å². The van der Waals surface area contributed by atoms with Gasteiger partial charge in [0.15, 0.2) is 0 Å². The molecule has 1 aliphatic rings. The molecule has 0 spiro atoms. The van der Waals surface area contributed by atoms with Gasteiger partial charge in [-0.05, 0) is 31.8 Å². The number of carbonyl (C=O) groups excluding carboxylic acids is 1. The topological polar surface area (TPSA) is 54.3 Å². The summed E-state index contributed by atoms with van der Waals surface area (Å²) in [7, 11) is 1.88. The summed E-state index contributed by atoms with van der Waals surface area (Å²) in [6.07, 6.45) is 5.88. The largest absolute Gasteiger partial charge is 0.337 e. The number of amides is 1. The van der Waals surface area contributed by atoms with Crippen molar-refractivity contribution in [1.29, 1.82) is 0 Å². The maximum atomic E-state index is 12.7. The Labute approximate surface area is 153 Å². The summed E-state index contributed by atoms with van der Waals surface area (Å²) in [5.74, 6) is 0.762. The van der Waals surface area contributed by atoms with Crippen molar-refractivity contribution in [3.8, 4) is 10.6 Å². The van der Waals surface area contributed by atoms with E-state index in [0.29, 0.717) is 11.6 Å². The van der Waals surface area contributed by atoms with Gasteiger partial charge in [-0.15, -0.1) is 11.3 Å². The number of likely N-dealkylation sites (tertiary alicyclic amines) is 1. The summed E-state index contributed by atoms with van der Waals surface area (Å²) in [6.45, 7) is 9.46. The Morgan fingerprint density at radius 3 is 2.64 bits per heavy atom. The highest BCUT2D eigenvalue weighted by Crippen LogP contribution is 2.25. The molecule has 2 aromatic heterocycles. The summed E-state index contributed by atoms with van der Waals surface area (Å²) < 4.78 is 1.75. The zero-order chi connectivity index (χ0) is 17.8. The fraction of sp³-hybridized carbons (Fsp3) is 0.611. The van der Waals surface area contributed by atoms with Crippen molar-refractivity contribution >= 4 is 17.2 Å². The molecule has 0 bridgehead atoms. The van der Waals surface area contributed by atoms with Crippen molar-refractivity contribution in [1.82, 2.24) is 24.6 Å². The fourth-order valence-corrected chi connectivity index (χ4v) is 4.13. The maximum Gasteiger partial charge on any atom is 0.273 e. The van der Waals surface area contributed by atoms with Gasteiger partial charge in [-0.2, -0.15) is 5.10 Å². The standard InChI is InChI=1S/C18H27N5OS/c1-4-22(5-2)11-14-6-8-23(9-7-14)18(24)16-13-25-17(20-16)15-10-19-21(3)12-15/h10,12-14H,4-9,11H2,1-3H3. The van der Waals surface area contributed by atoms with Crippen LogP contribution < -0.4 is 0 Å². The second-order valence-electron chi connectivity index (χ2n) is 6.66. The van der Waals surface area contributed by atoms with Crippen LogP contribution in [-0.2, 0) is 7.05 Å². The molecular weight excluding hydrogens is 334 g/mol. The van der Waals surface area contributed by atoms with E-state index >= 15 is 0 Å². The van der Waals surface area contributed by atoms with E-state index < -0.39 is 0 Å². The SMILES string of the molecule is CCN(CC)CC1CCN(C(=O)c2csc(-c3cnn(C)c3)n2)CC1. The van der Waals surface area contributed by atoms with E-state index in [1.54, 1.807) is 10.9 Å². The van der Waals surface area contributed by atoms with Gasteiger partial charge in [0.2, 0.25) is 0 Å². The second-order valence-corrected chi connectivity index (χ2v) is 7.52. The first kappa shape index (κ1) is 18.1. The third kappa shape index (κ3) is 4.27. The molecule has 3 rings (SSSR count). The third-order valence-corrected chi connectivity index (χ3v) is 5.88. The number of aromatic nitrogens is 3. The first-order chi connectivity index (χ1) is 12.1. The minimum absolute atomic E-state index is 0.0627. The number of thiazole rings is 1. The molecule has 0 radical (unpaired) electrons. The molecule has 2 aromatic rings. The average molecular weight is 362 g/mol. The van der Waals surface area contributed by atoms with Crippen molar-refractivity contribution in [2.75, 3.05) is 32.7 Å². The van der Waals surface area contributed by atoms with E-state index in [-0.39, 0.29) is 5.91 Å². The molecule has 136 valence electrons. The Balaban J connectivity index is 1.57. The molecule has 6 nitrogen and oxygen atoms in total. The van der Waals surface area contributed by atoms with Gasteiger partial charge >= 0.3 is 0 Å². The van der Waals surface area contributed by atoms with Gasteiger partial charge in [0, 0.05) is 43.8 Å². The molecule has 0 aliphatic carbocycles. The van der Waals surface area contributed by atoms with Crippen LogP contribution in [0.25, 0.3) is 10.6 Å². The van der Waals surface area contributed by atoms with Gasteiger partial charge in [0.05, 0.1) is 6.20 Å². The van der Waals surface area contributed by atoms with Gasteiger partial charge in [-0.3, -0.25) is 9.48 Å². The quantitative estimate of drug-likeness (QED) is 0.794. The minimum Gasteiger partial charge on any atom is -0.337 e. The minimum atomic E-state index is 0.0627. The van der Waals surface area contributed by atoms with Crippen molar-refractivity contribution in [3.63, 3.8) is 0 Å². The molecule has 0 aromatic carbocycles. The summed E-state index contributed by atoms with van der Waals surface area (Å²) in [4.78, 5) is 21.7. The Kier molecular flexibility index (Phi) is 5.86. The van der Waals surface area contributed by atoms with Crippen LogP contribution >= 0.6 is 11.3 Å². The Bertz CT molecular complexity index is 698. The monoisotopic (exact) mass is 361 g/mol. The Morgan fingerprint density at radius 1 is 1.32 bits per heavy atom. The van der Waals surface area contributed by atoms with E-state index in [2.05, 4.69) is 28.8 Å². The molecular formula is C18H27N5OS. The smallest absolute Gasteiger partial charge is 0.273 e. The lowest BCUT2D eigenvalue weighted by Crippen LogP contribution is -2.41. The maximum absolute atomic E-state index is 12.7. The van der Waals surface area contributed by atoms with E-state index in [1.807, 2.05) is 23.5 Å². The van der Waals surface area contributed by atoms with E-state index in [0.717, 1.165) is 56.1 Å². The van der Waals surface area contributed by atoms with Crippen LogP contribution in [0, 0.1) is 5.92 Å². The number of nitrogens with zero attached hydrogens (tertiary/aromatic N) is 5. The van der Waals surface area contributed by atoms with Crippen molar-refractivity contribution in [2.24, 2.45) is 13.0 Å². The van der Waals surface area contributed by atoms with Crippen molar-refractivity contribution in [3.05, 3.63) is 23.5 Å². The number of carbonyl (C=O) groups is 1. The molecule has 1 saturated heterocycles. The second kappa shape index (κ2) is 8.10. The highest BCUT2D eigenvalue weighted by molar-refractivity contribution is 7.13. The Hall–Kier alpha value is -1.73. The van der Waals surface area contributed by atoms with Crippen molar-refractivity contribution < 1.29 is 4.79 Å². The summed E-state index contributed by atoms with van der Waals surface area (Å²) in [6, 6.07) is 0. The fourth-order valence-electron chi connectivity index (χ4n) is 3.36. The molecule has 0 saturated carbocycles. The number of rotatable bonds is 6. The van der Waals surface area contributed by atoms with Crippen LogP contribution in [0.4, 0.5) is 0 Å². The lowest BCUT2D eigenvalue weighted by molar-refractivity contribution is 0.0664. The predicted molar refractivity (Wildman–Crippen MR) is 101 cm³/mol. The summed E-state index contributed by atoms with van der Waals surface area (Å²) in [5, 5.41) is 6.89. The molecule has 3 heterocycles. The Morgan fingerprint density at radius 2 is 2.04 bits per heavy atom. The number of hydrogen-bond donors (Lipinski definition) is 0. The van der Waals surface area contributed by atoms with E-state index in [1.165, 1.54) is 11.3 Å².